The van der Waals surface area contributed by atoms with Crippen LogP contribution in [-0.4, -0.2) is 43.2 Å². The maximum atomic E-state index is 11.7. The summed E-state index contributed by atoms with van der Waals surface area (Å²) in [4.78, 5) is 13.9. The van der Waals surface area contributed by atoms with Crippen molar-refractivity contribution in [2.75, 3.05) is 26.3 Å². The molecule has 2 saturated heterocycles. The normalized spacial score (nSPS) is 28.4. The fourth-order valence-corrected chi connectivity index (χ4v) is 3.23. The van der Waals surface area contributed by atoms with Gasteiger partial charge < -0.3 is 9.47 Å². The first-order valence-corrected chi connectivity index (χ1v) is 7.32. The first-order valence-electron chi connectivity index (χ1n) is 6.52. The highest BCUT2D eigenvalue weighted by atomic mass is 79.9. The highest BCUT2D eigenvalue weighted by molar-refractivity contribution is 9.10. The molecule has 0 radical (unpaired) electrons. The van der Waals surface area contributed by atoms with E-state index < -0.39 is 0 Å². The van der Waals surface area contributed by atoms with Crippen molar-refractivity contribution in [3.05, 3.63) is 34.3 Å². The van der Waals surface area contributed by atoms with Gasteiger partial charge in [0.2, 0.25) is 0 Å². The molecule has 4 nitrogen and oxygen atoms in total. The summed E-state index contributed by atoms with van der Waals surface area (Å²) in [5.41, 5.74) is 1.14. The molecule has 102 valence electrons. The van der Waals surface area contributed by atoms with E-state index in [0.717, 1.165) is 29.5 Å². The molecule has 0 bridgehead atoms. The van der Waals surface area contributed by atoms with Gasteiger partial charge in [-0.2, -0.15) is 0 Å². The van der Waals surface area contributed by atoms with Crippen LogP contribution in [0, 0.1) is 0 Å². The van der Waals surface area contributed by atoms with Crippen LogP contribution in [0.4, 0.5) is 0 Å². The minimum absolute atomic E-state index is 0.0118. The second kappa shape index (κ2) is 5.61. The molecule has 0 unspecified atom stereocenters. The Balaban J connectivity index is 1.75. The predicted molar refractivity (Wildman–Crippen MR) is 73.8 cm³/mol. The fourth-order valence-electron chi connectivity index (χ4n) is 2.69. The van der Waals surface area contributed by atoms with Gasteiger partial charge in [0.25, 0.3) is 0 Å². The molecule has 1 aromatic carbocycles. The van der Waals surface area contributed by atoms with E-state index in [0.29, 0.717) is 13.2 Å². The molecule has 1 aromatic rings. The number of morpholine rings is 1. The lowest BCUT2D eigenvalue weighted by Crippen LogP contribution is -2.46. The number of ether oxygens (including phenoxy) is 2. The molecule has 2 atom stereocenters. The van der Waals surface area contributed by atoms with Gasteiger partial charge in [0.15, 0.2) is 0 Å². The van der Waals surface area contributed by atoms with Crippen LogP contribution >= 0.6 is 15.9 Å². The number of rotatable bonds is 2. The van der Waals surface area contributed by atoms with E-state index >= 15 is 0 Å². The summed E-state index contributed by atoms with van der Waals surface area (Å²) in [6.07, 6.45) is 0.805. The molecule has 0 saturated carbocycles. The Morgan fingerprint density at radius 2 is 2.11 bits per heavy atom. The lowest BCUT2D eigenvalue weighted by Gasteiger charge is -2.35. The Hall–Kier alpha value is -0.910. The number of carbonyl (C=O) groups is 1. The van der Waals surface area contributed by atoms with Crippen LogP contribution < -0.4 is 0 Å². The second-order valence-corrected chi connectivity index (χ2v) is 5.70. The van der Waals surface area contributed by atoms with Gasteiger partial charge >= 0.3 is 5.97 Å². The summed E-state index contributed by atoms with van der Waals surface area (Å²) in [5.74, 6) is -0.0900. The topological polar surface area (TPSA) is 38.8 Å². The number of benzene rings is 1. The minimum Gasteiger partial charge on any atom is -0.464 e. The minimum atomic E-state index is -0.0900. The van der Waals surface area contributed by atoms with Crippen molar-refractivity contribution in [3.63, 3.8) is 0 Å². The molecule has 0 aliphatic carbocycles. The second-order valence-electron chi connectivity index (χ2n) is 4.85. The zero-order valence-corrected chi connectivity index (χ0v) is 12.1. The van der Waals surface area contributed by atoms with Crippen molar-refractivity contribution in [3.8, 4) is 0 Å². The quantitative estimate of drug-likeness (QED) is 0.781. The highest BCUT2D eigenvalue weighted by Gasteiger charge is 2.36. The van der Waals surface area contributed by atoms with E-state index in [2.05, 4.69) is 26.9 Å². The summed E-state index contributed by atoms with van der Waals surface area (Å²) in [7, 11) is 0. The molecule has 0 aromatic heterocycles. The molecule has 2 aliphatic rings. The fraction of sp³-hybridized carbons (Fsp3) is 0.500. The third-order valence-electron chi connectivity index (χ3n) is 3.70. The Morgan fingerprint density at radius 1 is 1.26 bits per heavy atom. The van der Waals surface area contributed by atoms with Gasteiger partial charge in [-0.15, -0.1) is 0 Å². The summed E-state index contributed by atoms with van der Waals surface area (Å²) in [6, 6.07) is 7.98. The number of hydrogen-bond acceptors (Lipinski definition) is 4. The lowest BCUT2D eigenvalue weighted by molar-refractivity contribution is -0.144. The zero-order valence-electron chi connectivity index (χ0n) is 10.5. The van der Waals surface area contributed by atoms with E-state index in [-0.39, 0.29) is 18.1 Å². The molecule has 2 fully saturated rings. The molecule has 2 heterocycles. The molecule has 5 heteroatoms. The molecule has 2 aliphatic heterocycles. The van der Waals surface area contributed by atoms with Gasteiger partial charge in [-0.3, -0.25) is 9.69 Å². The van der Waals surface area contributed by atoms with Crippen LogP contribution in [0.3, 0.4) is 0 Å². The van der Waals surface area contributed by atoms with Gasteiger partial charge in [-0.1, -0.05) is 34.1 Å². The standard InChI is InChI=1S/C14H16BrNO3/c15-11-4-2-1-3-10(11)13-9-16(6-8-18-13)12-5-7-19-14(12)17/h1-4,12-13H,5-9H2/t12-,13-/m1/s1. The van der Waals surface area contributed by atoms with Crippen LogP contribution in [0.1, 0.15) is 18.1 Å². The van der Waals surface area contributed by atoms with E-state index in [4.69, 9.17) is 9.47 Å². The van der Waals surface area contributed by atoms with Crippen molar-refractivity contribution in [2.45, 2.75) is 18.6 Å². The lowest BCUT2D eigenvalue weighted by atomic mass is 10.1. The number of hydrogen-bond donors (Lipinski definition) is 0. The smallest absolute Gasteiger partial charge is 0.323 e. The van der Waals surface area contributed by atoms with Crippen molar-refractivity contribution in [1.29, 1.82) is 0 Å². The van der Waals surface area contributed by atoms with Crippen LogP contribution in [-0.2, 0) is 14.3 Å². The Morgan fingerprint density at radius 3 is 2.84 bits per heavy atom. The van der Waals surface area contributed by atoms with Crippen molar-refractivity contribution in [1.82, 2.24) is 4.90 Å². The van der Waals surface area contributed by atoms with Crippen LogP contribution in [0.25, 0.3) is 0 Å². The van der Waals surface area contributed by atoms with Gasteiger partial charge in [-0.25, -0.2) is 0 Å². The Labute approximate surface area is 120 Å². The number of carbonyl (C=O) groups excluding carboxylic acids is 1. The van der Waals surface area contributed by atoms with Crippen molar-refractivity contribution < 1.29 is 14.3 Å². The molecular weight excluding hydrogens is 310 g/mol. The van der Waals surface area contributed by atoms with Crippen LogP contribution in [0.5, 0.6) is 0 Å². The maximum absolute atomic E-state index is 11.7. The zero-order chi connectivity index (χ0) is 13.2. The molecule has 19 heavy (non-hydrogen) atoms. The molecular formula is C14H16BrNO3. The third-order valence-corrected chi connectivity index (χ3v) is 4.42. The Kier molecular flexibility index (Phi) is 3.86. The molecule has 0 N–H and O–H groups in total. The SMILES string of the molecule is O=C1OCC[C@H]1N1CCO[C@@H](c2ccccc2Br)C1. The van der Waals surface area contributed by atoms with Gasteiger partial charge in [0.05, 0.1) is 19.3 Å². The highest BCUT2D eigenvalue weighted by Crippen LogP contribution is 2.30. The number of esters is 1. The Bertz CT molecular complexity index is 480. The van der Waals surface area contributed by atoms with Crippen molar-refractivity contribution in [2.24, 2.45) is 0 Å². The maximum Gasteiger partial charge on any atom is 0.323 e. The number of halogens is 1. The van der Waals surface area contributed by atoms with E-state index in [1.54, 1.807) is 0 Å². The van der Waals surface area contributed by atoms with Crippen LogP contribution in [0.15, 0.2) is 28.7 Å². The van der Waals surface area contributed by atoms with E-state index in [1.165, 1.54) is 0 Å². The van der Waals surface area contributed by atoms with Crippen LogP contribution in [0.2, 0.25) is 0 Å². The third kappa shape index (κ3) is 2.68. The van der Waals surface area contributed by atoms with Crippen molar-refractivity contribution >= 4 is 21.9 Å². The summed E-state index contributed by atoms with van der Waals surface area (Å²) in [6.45, 7) is 2.72. The summed E-state index contributed by atoms with van der Waals surface area (Å²) >= 11 is 3.56. The number of cyclic esters (lactones) is 1. The first kappa shape index (κ1) is 13.1. The largest absolute Gasteiger partial charge is 0.464 e. The summed E-state index contributed by atoms with van der Waals surface area (Å²) in [5, 5.41) is 0. The monoisotopic (exact) mass is 325 g/mol. The molecule has 0 amide bonds. The van der Waals surface area contributed by atoms with Gasteiger partial charge in [0, 0.05) is 24.0 Å². The summed E-state index contributed by atoms with van der Waals surface area (Å²) < 4.78 is 12.0. The van der Waals surface area contributed by atoms with E-state index in [1.807, 2.05) is 18.2 Å². The van der Waals surface area contributed by atoms with Gasteiger partial charge in [0.1, 0.15) is 6.04 Å². The molecule has 3 rings (SSSR count). The predicted octanol–water partition coefficient (Wildman–Crippen LogP) is 2.14. The molecule has 0 spiro atoms. The van der Waals surface area contributed by atoms with E-state index in [9.17, 15) is 4.79 Å². The number of nitrogens with zero attached hydrogens (tertiary/aromatic N) is 1. The average molecular weight is 326 g/mol. The van der Waals surface area contributed by atoms with Gasteiger partial charge in [-0.05, 0) is 11.6 Å². The average Bonchev–Trinajstić information content (AvgIpc) is 2.86. The first-order chi connectivity index (χ1) is 9.25.